The third kappa shape index (κ3) is 2.34. The molecule has 0 aliphatic rings. The van der Waals surface area contributed by atoms with Crippen molar-refractivity contribution in [2.45, 2.75) is 6.92 Å². The Morgan fingerprint density at radius 3 is 2.53 bits per heavy atom. The molecule has 1 heterocycles. The summed E-state index contributed by atoms with van der Waals surface area (Å²) < 4.78 is 0. The highest BCUT2D eigenvalue weighted by atomic mass is 35.5. The predicted octanol–water partition coefficient (Wildman–Crippen LogP) is 4.31. The van der Waals surface area contributed by atoms with E-state index in [-0.39, 0.29) is 5.56 Å². The van der Waals surface area contributed by atoms with Crippen LogP contribution in [0.3, 0.4) is 0 Å². The van der Waals surface area contributed by atoms with E-state index < -0.39 is 0 Å². The molecule has 5 heteroatoms. The molecule has 0 atom stereocenters. The van der Waals surface area contributed by atoms with E-state index in [0.29, 0.717) is 26.2 Å². The van der Waals surface area contributed by atoms with Crippen LogP contribution in [0.2, 0.25) is 15.1 Å². The van der Waals surface area contributed by atoms with Gasteiger partial charge in [-0.15, -0.1) is 0 Å². The highest BCUT2D eigenvalue weighted by Gasteiger charge is 2.14. The van der Waals surface area contributed by atoms with Gasteiger partial charge in [-0.1, -0.05) is 34.8 Å². The lowest BCUT2D eigenvalue weighted by molar-refractivity contribution is 1.21. The lowest BCUT2D eigenvalue weighted by Gasteiger charge is -2.08. The molecule has 0 aliphatic carbocycles. The van der Waals surface area contributed by atoms with E-state index in [2.05, 4.69) is 4.98 Å². The second-order valence-corrected chi connectivity index (χ2v) is 4.84. The molecule has 0 spiro atoms. The van der Waals surface area contributed by atoms with Crippen LogP contribution in [0.15, 0.2) is 29.2 Å². The molecule has 0 aliphatic heterocycles. The number of aryl methyl sites for hydroxylation is 1. The molecule has 0 fully saturated rings. The number of hydrogen-bond donors (Lipinski definition) is 1. The first-order chi connectivity index (χ1) is 8.00. The molecular formula is C12H8Cl3NO. The van der Waals surface area contributed by atoms with Gasteiger partial charge in [0, 0.05) is 16.8 Å². The second-order valence-electron chi connectivity index (χ2n) is 3.61. The molecule has 0 amide bonds. The minimum absolute atomic E-state index is 0.217. The number of H-pyrrole nitrogens is 1. The number of aromatic nitrogens is 1. The summed E-state index contributed by atoms with van der Waals surface area (Å²) in [5.74, 6) is 0. The average molecular weight is 289 g/mol. The van der Waals surface area contributed by atoms with Gasteiger partial charge in [-0.25, -0.2) is 0 Å². The van der Waals surface area contributed by atoms with Crippen LogP contribution in [0, 0.1) is 6.92 Å². The van der Waals surface area contributed by atoms with Gasteiger partial charge in [0.1, 0.15) is 0 Å². The number of halogens is 3. The van der Waals surface area contributed by atoms with Crippen LogP contribution in [0.1, 0.15) is 5.56 Å². The lowest BCUT2D eigenvalue weighted by atomic mass is 10.0. The number of nitrogens with one attached hydrogen (secondary N) is 1. The molecule has 0 radical (unpaired) electrons. The number of benzene rings is 1. The molecule has 0 saturated heterocycles. The summed E-state index contributed by atoms with van der Waals surface area (Å²) in [6.07, 6.45) is 1.58. The Morgan fingerprint density at radius 2 is 1.88 bits per heavy atom. The minimum Gasteiger partial charge on any atom is -0.329 e. The summed E-state index contributed by atoms with van der Waals surface area (Å²) in [5.41, 5.74) is 1.63. The molecule has 0 bridgehead atoms. The van der Waals surface area contributed by atoms with Gasteiger partial charge in [0.2, 0.25) is 0 Å². The molecule has 1 aromatic carbocycles. The zero-order valence-electron chi connectivity index (χ0n) is 8.85. The van der Waals surface area contributed by atoms with E-state index in [1.165, 1.54) is 0 Å². The lowest BCUT2D eigenvalue weighted by Crippen LogP contribution is -2.09. The highest BCUT2D eigenvalue weighted by molar-refractivity contribution is 6.45. The summed E-state index contributed by atoms with van der Waals surface area (Å²) in [7, 11) is 0. The zero-order valence-corrected chi connectivity index (χ0v) is 11.1. The normalized spacial score (nSPS) is 10.6. The second kappa shape index (κ2) is 4.73. The fraction of sp³-hybridized carbons (Fsp3) is 0.0833. The SMILES string of the molecule is Cc1cc[nH]c(=O)c1-c1cc(Cl)cc(Cl)c1Cl. The molecule has 17 heavy (non-hydrogen) atoms. The van der Waals surface area contributed by atoms with E-state index in [1.807, 2.05) is 6.92 Å². The number of pyridine rings is 1. The minimum atomic E-state index is -0.217. The van der Waals surface area contributed by atoms with Gasteiger partial charge < -0.3 is 4.98 Å². The van der Waals surface area contributed by atoms with Crippen LogP contribution in [0.25, 0.3) is 11.1 Å². The number of hydrogen-bond acceptors (Lipinski definition) is 1. The first kappa shape index (κ1) is 12.5. The fourth-order valence-electron chi connectivity index (χ4n) is 1.65. The molecule has 1 N–H and O–H groups in total. The van der Waals surface area contributed by atoms with E-state index >= 15 is 0 Å². The van der Waals surface area contributed by atoms with Crippen molar-refractivity contribution >= 4 is 34.8 Å². The Kier molecular flexibility index (Phi) is 3.48. The average Bonchev–Trinajstić information content (AvgIpc) is 2.24. The van der Waals surface area contributed by atoms with Gasteiger partial charge in [-0.05, 0) is 30.7 Å². The maximum atomic E-state index is 11.8. The fourth-order valence-corrected chi connectivity index (χ4v) is 2.35. The summed E-state index contributed by atoms with van der Waals surface area (Å²) in [5, 5.41) is 1.10. The molecule has 2 nitrogen and oxygen atoms in total. The van der Waals surface area contributed by atoms with Gasteiger partial charge in [0.15, 0.2) is 0 Å². The van der Waals surface area contributed by atoms with Crippen LogP contribution in [-0.4, -0.2) is 4.98 Å². The van der Waals surface area contributed by atoms with Gasteiger partial charge in [0.05, 0.1) is 15.6 Å². The van der Waals surface area contributed by atoms with Gasteiger partial charge in [0.25, 0.3) is 5.56 Å². The molecular weight excluding hydrogens is 280 g/mol. The van der Waals surface area contributed by atoms with Crippen molar-refractivity contribution in [3.63, 3.8) is 0 Å². The van der Waals surface area contributed by atoms with E-state index in [1.54, 1.807) is 24.4 Å². The van der Waals surface area contributed by atoms with Gasteiger partial charge in [-0.2, -0.15) is 0 Å². The quantitative estimate of drug-likeness (QED) is 0.779. The Bertz CT molecular complexity index is 634. The molecule has 88 valence electrons. The van der Waals surface area contributed by atoms with Crippen LogP contribution < -0.4 is 5.56 Å². The Morgan fingerprint density at radius 1 is 1.18 bits per heavy atom. The van der Waals surface area contributed by atoms with Crippen molar-refractivity contribution < 1.29 is 0 Å². The number of aromatic amines is 1. The largest absolute Gasteiger partial charge is 0.329 e. The van der Waals surface area contributed by atoms with E-state index in [9.17, 15) is 4.79 Å². The van der Waals surface area contributed by atoms with Gasteiger partial charge in [-0.3, -0.25) is 4.79 Å². The third-order valence-electron chi connectivity index (χ3n) is 2.43. The molecule has 0 saturated carbocycles. The van der Waals surface area contributed by atoms with Crippen molar-refractivity contribution in [3.05, 3.63) is 55.4 Å². The van der Waals surface area contributed by atoms with Crippen molar-refractivity contribution in [1.29, 1.82) is 0 Å². The zero-order chi connectivity index (χ0) is 12.6. The van der Waals surface area contributed by atoms with Gasteiger partial charge >= 0.3 is 0 Å². The Balaban J connectivity index is 2.82. The first-order valence-corrected chi connectivity index (χ1v) is 5.97. The van der Waals surface area contributed by atoms with Crippen LogP contribution >= 0.6 is 34.8 Å². The summed E-state index contributed by atoms with van der Waals surface area (Å²) in [6, 6.07) is 4.97. The third-order valence-corrected chi connectivity index (χ3v) is 3.45. The van der Waals surface area contributed by atoms with Crippen molar-refractivity contribution in [1.82, 2.24) is 4.98 Å². The van der Waals surface area contributed by atoms with Crippen molar-refractivity contribution in [2.24, 2.45) is 0 Å². The first-order valence-electron chi connectivity index (χ1n) is 4.84. The summed E-state index contributed by atoms with van der Waals surface area (Å²) in [4.78, 5) is 14.4. The predicted molar refractivity (Wildman–Crippen MR) is 72.3 cm³/mol. The van der Waals surface area contributed by atoms with Crippen molar-refractivity contribution in [2.75, 3.05) is 0 Å². The van der Waals surface area contributed by atoms with Crippen molar-refractivity contribution in [3.8, 4) is 11.1 Å². The molecule has 2 aromatic rings. The van der Waals surface area contributed by atoms with Crippen LogP contribution in [0.5, 0.6) is 0 Å². The Hall–Kier alpha value is -0.960. The summed E-state index contributed by atoms with van der Waals surface area (Å²) >= 11 is 18.0. The van der Waals surface area contributed by atoms with Crippen LogP contribution in [-0.2, 0) is 0 Å². The number of rotatable bonds is 1. The highest BCUT2D eigenvalue weighted by Crippen LogP contribution is 2.36. The summed E-state index contributed by atoms with van der Waals surface area (Å²) in [6.45, 7) is 1.83. The van der Waals surface area contributed by atoms with Crippen LogP contribution in [0.4, 0.5) is 0 Å². The topological polar surface area (TPSA) is 32.9 Å². The maximum Gasteiger partial charge on any atom is 0.256 e. The monoisotopic (exact) mass is 287 g/mol. The maximum absolute atomic E-state index is 11.8. The van der Waals surface area contributed by atoms with E-state index in [0.717, 1.165) is 5.56 Å². The molecule has 2 rings (SSSR count). The smallest absolute Gasteiger partial charge is 0.256 e. The molecule has 1 aromatic heterocycles. The standard InChI is InChI=1S/C12H8Cl3NO/c1-6-2-3-16-12(17)10(6)8-4-7(13)5-9(14)11(8)15/h2-5H,1H3,(H,16,17). The van der Waals surface area contributed by atoms with E-state index in [4.69, 9.17) is 34.8 Å². The Labute approximate surface area is 113 Å². The molecule has 0 unspecified atom stereocenters.